The fourth-order valence-corrected chi connectivity index (χ4v) is 6.16. The van der Waals surface area contributed by atoms with E-state index in [0.717, 1.165) is 0 Å². The topological polar surface area (TPSA) is 18.5 Å². The molecule has 42 heavy (non-hydrogen) atoms. The largest absolute Gasteiger partial charge is 0.491 e. The van der Waals surface area contributed by atoms with Crippen LogP contribution in [0.5, 0.6) is 5.75 Å². The van der Waals surface area contributed by atoms with Crippen molar-refractivity contribution in [3.63, 3.8) is 0 Å². The molecule has 8 heteroatoms. The molecule has 0 amide bonds. The molecule has 3 aromatic carbocycles. The van der Waals surface area contributed by atoms with Crippen molar-refractivity contribution < 1.29 is 35.8 Å². The molecule has 0 saturated heterocycles. The van der Waals surface area contributed by atoms with Crippen molar-refractivity contribution in [2.75, 3.05) is 6.61 Å². The normalized spacial score (nSPS) is 20.9. The van der Waals surface area contributed by atoms with Gasteiger partial charge in [0.15, 0.2) is 34.8 Å². The van der Waals surface area contributed by atoms with Crippen LogP contribution in [-0.4, -0.2) is 12.7 Å². The maximum Gasteiger partial charge on any atom is 0.201 e. The Morgan fingerprint density at radius 1 is 0.690 bits per heavy atom. The van der Waals surface area contributed by atoms with E-state index in [1.807, 2.05) is 0 Å². The van der Waals surface area contributed by atoms with Gasteiger partial charge in [-0.1, -0.05) is 30.3 Å². The zero-order chi connectivity index (χ0) is 30.0. The third-order valence-electron chi connectivity index (χ3n) is 8.63. The highest BCUT2D eigenvalue weighted by molar-refractivity contribution is 5.68. The average Bonchev–Trinajstić information content (AvgIpc) is 3.00. The lowest BCUT2D eigenvalue weighted by Crippen LogP contribution is -2.22. The van der Waals surface area contributed by atoms with Crippen molar-refractivity contribution in [1.29, 1.82) is 0 Å². The molecule has 2 aliphatic rings. The van der Waals surface area contributed by atoms with Crippen LogP contribution in [0.15, 0.2) is 42.5 Å². The summed E-state index contributed by atoms with van der Waals surface area (Å²) in [4.78, 5) is 0. The summed E-state index contributed by atoms with van der Waals surface area (Å²) in [5.41, 5.74) is 1.79. The van der Waals surface area contributed by atoms with Gasteiger partial charge in [0.1, 0.15) is 0 Å². The molecular formula is C34H34F6O2. The first-order valence-electron chi connectivity index (χ1n) is 14.5. The first-order chi connectivity index (χ1) is 20.2. The van der Waals surface area contributed by atoms with Gasteiger partial charge in [-0.05, 0) is 105 Å². The van der Waals surface area contributed by atoms with E-state index in [9.17, 15) is 17.6 Å². The van der Waals surface area contributed by atoms with E-state index in [2.05, 4.69) is 0 Å². The minimum Gasteiger partial charge on any atom is -0.491 e. The second-order valence-corrected chi connectivity index (χ2v) is 11.2. The standard InChI is InChI=1S/C34H34F6O2/c1-3-41-28-17-16-27(33(39)34(28)40)21-7-5-20(6-8-21)26-15-11-23(30(36)32(26)38)18-42-24-12-9-22(10-13-24)25-14-4-19(2)29(35)31(25)37/h4,7,11,14-17,20,22,24H,3,5-6,8-10,12-13,18H2,1-2H3. The Morgan fingerprint density at radius 3 is 2.07 bits per heavy atom. The van der Waals surface area contributed by atoms with E-state index in [1.165, 1.54) is 25.1 Å². The summed E-state index contributed by atoms with van der Waals surface area (Å²) in [5.74, 6) is -6.03. The zero-order valence-electron chi connectivity index (χ0n) is 23.7. The van der Waals surface area contributed by atoms with E-state index in [1.54, 1.807) is 31.2 Å². The first-order valence-corrected chi connectivity index (χ1v) is 14.5. The highest BCUT2D eigenvalue weighted by Crippen LogP contribution is 2.40. The third-order valence-corrected chi connectivity index (χ3v) is 8.63. The Labute approximate surface area is 242 Å². The monoisotopic (exact) mass is 588 g/mol. The first kappa shape index (κ1) is 30.2. The molecule has 224 valence electrons. The molecule has 0 heterocycles. The van der Waals surface area contributed by atoms with Crippen LogP contribution >= 0.6 is 0 Å². The maximum absolute atomic E-state index is 15.2. The van der Waals surface area contributed by atoms with E-state index in [-0.39, 0.29) is 59.2 Å². The summed E-state index contributed by atoms with van der Waals surface area (Å²) >= 11 is 0. The number of aryl methyl sites for hydroxylation is 1. The molecule has 0 aliphatic heterocycles. The van der Waals surface area contributed by atoms with Crippen LogP contribution in [-0.2, 0) is 11.3 Å². The third kappa shape index (κ3) is 6.10. The number of hydrogen-bond donors (Lipinski definition) is 0. The highest BCUT2D eigenvalue weighted by atomic mass is 19.2. The summed E-state index contributed by atoms with van der Waals surface area (Å²) < 4.78 is 98.6. The van der Waals surface area contributed by atoms with E-state index in [4.69, 9.17) is 9.47 Å². The Hall–Kier alpha value is -3.26. The Morgan fingerprint density at radius 2 is 1.38 bits per heavy atom. The predicted octanol–water partition coefficient (Wildman–Crippen LogP) is 9.82. The van der Waals surface area contributed by atoms with Crippen LogP contribution in [0.4, 0.5) is 26.3 Å². The number of ether oxygens (including phenoxy) is 2. The van der Waals surface area contributed by atoms with Crippen LogP contribution in [0.1, 0.15) is 91.5 Å². The Bertz CT molecular complexity index is 1480. The van der Waals surface area contributed by atoms with Gasteiger partial charge in [0.05, 0.1) is 19.3 Å². The van der Waals surface area contributed by atoms with Crippen LogP contribution in [0.2, 0.25) is 0 Å². The van der Waals surface area contributed by atoms with Crippen molar-refractivity contribution in [1.82, 2.24) is 0 Å². The molecule has 1 saturated carbocycles. The quantitative estimate of drug-likeness (QED) is 0.244. The molecular weight excluding hydrogens is 554 g/mol. The van der Waals surface area contributed by atoms with Gasteiger partial charge < -0.3 is 9.47 Å². The van der Waals surface area contributed by atoms with Crippen LogP contribution < -0.4 is 4.74 Å². The van der Waals surface area contributed by atoms with E-state index in [0.29, 0.717) is 56.1 Å². The summed E-state index contributed by atoms with van der Waals surface area (Å²) in [6, 6.07) is 9.21. The van der Waals surface area contributed by atoms with Crippen molar-refractivity contribution in [3.05, 3.63) is 105 Å². The Kier molecular flexibility index (Phi) is 9.31. The minimum atomic E-state index is -1.04. The molecule has 0 N–H and O–H groups in total. The molecule has 0 bridgehead atoms. The van der Waals surface area contributed by atoms with Gasteiger partial charge in [0, 0.05) is 11.1 Å². The van der Waals surface area contributed by atoms with Gasteiger partial charge in [0.25, 0.3) is 0 Å². The zero-order valence-corrected chi connectivity index (χ0v) is 23.7. The molecule has 0 radical (unpaired) electrons. The molecule has 0 spiro atoms. The number of rotatable bonds is 8. The van der Waals surface area contributed by atoms with Gasteiger partial charge in [-0.15, -0.1) is 0 Å². The molecule has 5 rings (SSSR count). The summed E-state index contributed by atoms with van der Waals surface area (Å²) in [6.07, 6.45) is 5.24. The van der Waals surface area contributed by atoms with Crippen LogP contribution in [0, 0.1) is 41.8 Å². The average molecular weight is 589 g/mol. The van der Waals surface area contributed by atoms with E-state index >= 15 is 8.78 Å². The van der Waals surface area contributed by atoms with Crippen molar-refractivity contribution in [2.45, 2.75) is 83.3 Å². The van der Waals surface area contributed by atoms with Crippen molar-refractivity contribution in [3.8, 4) is 5.75 Å². The fraction of sp³-hybridized carbons (Fsp3) is 0.412. The van der Waals surface area contributed by atoms with Gasteiger partial charge >= 0.3 is 0 Å². The lowest BCUT2D eigenvalue weighted by molar-refractivity contribution is 0.0116. The molecule has 2 nitrogen and oxygen atoms in total. The molecule has 0 aromatic heterocycles. The molecule has 1 fully saturated rings. The molecule has 1 unspecified atom stereocenters. The van der Waals surface area contributed by atoms with Crippen molar-refractivity contribution in [2.24, 2.45) is 0 Å². The SMILES string of the molecule is CCOc1ccc(C2=CCC(c3ccc(COC4CCC(c5ccc(C)c(F)c5F)CC4)c(F)c3F)CC2)c(F)c1F. The van der Waals surface area contributed by atoms with Crippen LogP contribution in [0.25, 0.3) is 5.57 Å². The van der Waals surface area contributed by atoms with Gasteiger partial charge in [-0.3, -0.25) is 0 Å². The lowest BCUT2D eigenvalue weighted by Gasteiger charge is -2.29. The summed E-state index contributed by atoms with van der Waals surface area (Å²) in [6.45, 7) is 3.33. The molecule has 3 aromatic rings. The second kappa shape index (κ2) is 12.9. The summed E-state index contributed by atoms with van der Waals surface area (Å²) in [7, 11) is 0. The second-order valence-electron chi connectivity index (χ2n) is 11.2. The van der Waals surface area contributed by atoms with Gasteiger partial charge in [0.2, 0.25) is 5.82 Å². The maximum atomic E-state index is 15.2. The van der Waals surface area contributed by atoms with Gasteiger partial charge in [-0.2, -0.15) is 4.39 Å². The van der Waals surface area contributed by atoms with Crippen LogP contribution in [0.3, 0.4) is 0 Å². The highest BCUT2D eigenvalue weighted by Gasteiger charge is 2.28. The van der Waals surface area contributed by atoms with E-state index < -0.39 is 34.9 Å². The lowest BCUT2D eigenvalue weighted by atomic mass is 9.82. The smallest absolute Gasteiger partial charge is 0.201 e. The van der Waals surface area contributed by atoms with Crippen molar-refractivity contribution >= 4 is 5.57 Å². The number of allylic oxidation sites excluding steroid dienone is 2. The number of benzene rings is 3. The number of halogens is 6. The predicted molar refractivity (Wildman–Crippen MR) is 149 cm³/mol. The number of hydrogen-bond acceptors (Lipinski definition) is 2. The fourth-order valence-electron chi connectivity index (χ4n) is 6.16. The minimum absolute atomic E-state index is 0.0941. The van der Waals surface area contributed by atoms with Gasteiger partial charge in [-0.25, -0.2) is 22.0 Å². The molecule has 2 aliphatic carbocycles. The Balaban J connectivity index is 1.18. The summed E-state index contributed by atoms with van der Waals surface area (Å²) in [5, 5.41) is 0. The molecule has 1 atom stereocenters.